The van der Waals surface area contributed by atoms with Crippen LogP contribution < -0.4 is 5.32 Å². The van der Waals surface area contributed by atoms with E-state index < -0.39 is 0 Å². The molecule has 0 fully saturated rings. The number of hydrogen-bond acceptors (Lipinski definition) is 2. The zero-order chi connectivity index (χ0) is 14.4. The molecular formula is C16H18Cl2N2. The van der Waals surface area contributed by atoms with Gasteiger partial charge in [-0.05, 0) is 43.1 Å². The molecule has 4 heteroatoms. The third-order valence-corrected chi connectivity index (χ3v) is 3.81. The highest BCUT2D eigenvalue weighted by Gasteiger charge is 2.18. The Balaban J connectivity index is 2.27. The molecule has 1 heterocycles. The van der Waals surface area contributed by atoms with Gasteiger partial charge in [0.1, 0.15) is 0 Å². The number of hydrogen-bond donors (Lipinski definition) is 1. The first-order valence-electron chi connectivity index (χ1n) is 6.78. The molecule has 0 aliphatic carbocycles. The van der Waals surface area contributed by atoms with Gasteiger partial charge in [-0.25, -0.2) is 0 Å². The van der Waals surface area contributed by atoms with E-state index in [1.165, 1.54) is 0 Å². The molecule has 2 rings (SSSR count). The summed E-state index contributed by atoms with van der Waals surface area (Å²) in [5.74, 6) is 0. The van der Waals surface area contributed by atoms with Crippen molar-refractivity contribution in [3.8, 4) is 0 Å². The molecule has 20 heavy (non-hydrogen) atoms. The van der Waals surface area contributed by atoms with Crippen LogP contribution in [0, 0.1) is 0 Å². The fraction of sp³-hybridized carbons (Fsp3) is 0.312. The van der Waals surface area contributed by atoms with Gasteiger partial charge in [0.15, 0.2) is 0 Å². The van der Waals surface area contributed by atoms with Crippen LogP contribution in [0.1, 0.15) is 30.5 Å². The van der Waals surface area contributed by atoms with Gasteiger partial charge in [-0.1, -0.05) is 42.3 Å². The smallest absolute Gasteiger partial charge is 0.0468 e. The zero-order valence-corrected chi connectivity index (χ0v) is 13.0. The molecule has 1 N–H and O–H groups in total. The highest BCUT2D eigenvalue weighted by Crippen LogP contribution is 2.32. The Morgan fingerprint density at radius 2 is 1.90 bits per heavy atom. The molecule has 1 aromatic heterocycles. The molecule has 106 valence electrons. The largest absolute Gasteiger partial charge is 0.310 e. The molecule has 0 aliphatic rings. The van der Waals surface area contributed by atoms with Crippen molar-refractivity contribution in [2.45, 2.75) is 25.8 Å². The molecule has 2 nitrogen and oxygen atoms in total. The Morgan fingerprint density at radius 3 is 2.50 bits per heavy atom. The van der Waals surface area contributed by atoms with Crippen LogP contribution in [-0.4, -0.2) is 11.5 Å². The average Bonchev–Trinajstić information content (AvgIpc) is 2.45. The van der Waals surface area contributed by atoms with Crippen molar-refractivity contribution in [2.75, 3.05) is 6.54 Å². The minimum Gasteiger partial charge on any atom is -0.310 e. The maximum absolute atomic E-state index is 6.33. The Morgan fingerprint density at radius 1 is 1.15 bits per heavy atom. The first-order chi connectivity index (χ1) is 9.72. The first kappa shape index (κ1) is 15.3. The average molecular weight is 309 g/mol. The van der Waals surface area contributed by atoms with Crippen molar-refractivity contribution >= 4 is 23.2 Å². The summed E-state index contributed by atoms with van der Waals surface area (Å²) in [6.07, 6.45) is 5.54. The van der Waals surface area contributed by atoms with Crippen LogP contribution in [0.25, 0.3) is 0 Å². The summed E-state index contributed by atoms with van der Waals surface area (Å²) in [4.78, 5) is 4.16. The maximum atomic E-state index is 6.33. The number of halogens is 2. The quantitative estimate of drug-likeness (QED) is 0.838. The summed E-state index contributed by atoms with van der Waals surface area (Å²) in [7, 11) is 0. The van der Waals surface area contributed by atoms with Gasteiger partial charge in [0.05, 0.1) is 0 Å². The Kier molecular flexibility index (Phi) is 5.84. The molecule has 1 unspecified atom stereocenters. The molecule has 0 saturated carbocycles. The lowest BCUT2D eigenvalue weighted by Crippen LogP contribution is -2.24. The van der Waals surface area contributed by atoms with Crippen molar-refractivity contribution in [3.05, 3.63) is 63.9 Å². The fourth-order valence-corrected chi connectivity index (χ4v) is 2.85. The first-order valence-corrected chi connectivity index (χ1v) is 7.54. The van der Waals surface area contributed by atoms with Crippen LogP contribution in [0.3, 0.4) is 0 Å². The molecule has 0 radical (unpaired) electrons. The second-order valence-corrected chi connectivity index (χ2v) is 5.52. The number of rotatable bonds is 6. The molecule has 2 aromatic rings. The molecular weight excluding hydrogens is 291 g/mol. The van der Waals surface area contributed by atoms with Crippen molar-refractivity contribution < 1.29 is 0 Å². The molecule has 1 aromatic carbocycles. The second-order valence-electron chi connectivity index (χ2n) is 4.71. The molecule has 0 saturated heterocycles. The van der Waals surface area contributed by atoms with Crippen LogP contribution in [0.2, 0.25) is 10.0 Å². The van der Waals surface area contributed by atoms with Crippen molar-refractivity contribution in [3.63, 3.8) is 0 Å². The van der Waals surface area contributed by atoms with E-state index >= 15 is 0 Å². The number of aromatic nitrogens is 1. The topological polar surface area (TPSA) is 24.9 Å². The van der Waals surface area contributed by atoms with E-state index in [0.29, 0.717) is 10.0 Å². The second kappa shape index (κ2) is 7.63. The fourth-order valence-electron chi connectivity index (χ4n) is 2.19. The van der Waals surface area contributed by atoms with Crippen LogP contribution in [0.15, 0.2) is 42.7 Å². The van der Waals surface area contributed by atoms with Crippen LogP contribution >= 0.6 is 23.2 Å². The maximum Gasteiger partial charge on any atom is 0.0468 e. The summed E-state index contributed by atoms with van der Waals surface area (Å²) < 4.78 is 0. The van der Waals surface area contributed by atoms with Gasteiger partial charge in [0.25, 0.3) is 0 Å². The van der Waals surface area contributed by atoms with E-state index in [2.05, 4.69) is 23.3 Å². The normalized spacial score (nSPS) is 12.3. The highest BCUT2D eigenvalue weighted by molar-refractivity contribution is 6.36. The van der Waals surface area contributed by atoms with E-state index in [1.54, 1.807) is 6.20 Å². The molecule has 0 aliphatic heterocycles. The highest BCUT2D eigenvalue weighted by atomic mass is 35.5. The van der Waals surface area contributed by atoms with Gasteiger partial charge < -0.3 is 5.32 Å². The van der Waals surface area contributed by atoms with E-state index in [9.17, 15) is 0 Å². The van der Waals surface area contributed by atoms with Gasteiger partial charge in [-0.2, -0.15) is 0 Å². The minimum atomic E-state index is 0.0975. The summed E-state index contributed by atoms with van der Waals surface area (Å²) in [5.41, 5.74) is 2.13. The van der Waals surface area contributed by atoms with Gasteiger partial charge in [-0.15, -0.1) is 0 Å². The summed E-state index contributed by atoms with van der Waals surface area (Å²) in [6.45, 7) is 3.06. The van der Waals surface area contributed by atoms with E-state index in [4.69, 9.17) is 23.2 Å². The minimum absolute atomic E-state index is 0.0975. The number of nitrogens with one attached hydrogen (secondary N) is 1. The van der Waals surface area contributed by atoms with E-state index in [0.717, 1.165) is 30.5 Å². The van der Waals surface area contributed by atoms with Gasteiger partial charge >= 0.3 is 0 Å². The summed E-state index contributed by atoms with van der Waals surface area (Å²) in [6, 6.07) is 9.74. The molecule has 1 atom stereocenters. The van der Waals surface area contributed by atoms with Crippen molar-refractivity contribution in [1.82, 2.24) is 10.3 Å². The van der Waals surface area contributed by atoms with E-state index in [-0.39, 0.29) is 6.04 Å². The lowest BCUT2D eigenvalue weighted by Gasteiger charge is -2.21. The monoisotopic (exact) mass is 308 g/mol. The standard InChI is InChI=1S/C16H18Cl2N2/c1-2-8-20-15(10-12-5-4-9-19-11-12)16-13(17)6-3-7-14(16)18/h3-7,9,11,15,20H,2,8,10H2,1H3. The third-order valence-electron chi connectivity index (χ3n) is 3.15. The number of nitrogens with zero attached hydrogens (tertiary/aromatic N) is 1. The van der Waals surface area contributed by atoms with Gasteiger partial charge in [-0.3, -0.25) is 4.98 Å². The van der Waals surface area contributed by atoms with E-state index in [1.807, 2.05) is 30.5 Å². The summed E-state index contributed by atoms with van der Waals surface area (Å²) >= 11 is 12.7. The zero-order valence-electron chi connectivity index (χ0n) is 11.4. The van der Waals surface area contributed by atoms with Crippen molar-refractivity contribution in [1.29, 1.82) is 0 Å². The van der Waals surface area contributed by atoms with Crippen molar-refractivity contribution in [2.24, 2.45) is 0 Å². The van der Waals surface area contributed by atoms with Crippen LogP contribution in [-0.2, 0) is 6.42 Å². The number of pyridine rings is 1. The SMILES string of the molecule is CCCNC(Cc1cccnc1)c1c(Cl)cccc1Cl. The Hall–Kier alpha value is -1.09. The third kappa shape index (κ3) is 3.95. The van der Waals surface area contributed by atoms with Gasteiger partial charge in [0.2, 0.25) is 0 Å². The Labute approximate surface area is 130 Å². The van der Waals surface area contributed by atoms with Crippen LogP contribution in [0.4, 0.5) is 0 Å². The lowest BCUT2D eigenvalue weighted by molar-refractivity contribution is 0.529. The molecule has 0 bridgehead atoms. The lowest BCUT2D eigenvalue weighted by atomic mass is 9.99. The van der Waals surface area contributed by atoms with Gasteiger partial charge in [0, 0.05) is 34.0 Å². The predicted molar refractivity (Wildman–Crippen MR) is 85.4 cm³/mol. The predicted octanol–water partition coefficient (Wildman–Crippen LogP) is 4.67. The molecule has 0 spiro atoms. The molecule has 0 amide bonds. The summed E-state index contributed by atoms with van der Waals surface area (Å²) in [5, 5.41) is 4.93. The number of benzene rings is 1. The Bertz CT molecular complexity index is 523. The van der Waals surface area contributed by atoms with Crippen LogP contribution in [0.5, 0.6) is 0 Å².